The molecule has 2 aromatic heterocycles. The molecule has 3 heteroatoms. The Bertz CT molecular complexity index is 379. The molecule has 0 fully saturated rings. The van der Waals surface area contributed by atoms with Gasteiger partial charge >= 0.3 is 0 Å². The van der Waals surface area contributed by atoms with E-state index in [-0.39, 0.29) is 0 Å². The Kier molecular flexibility index (Phi) is 3.31. The van der Waals surface area contributed by atoms with Crippen LogP contribution < -0.4 is 0 Å². The van der Waals surface area contributed by atoms with Gasteiger partial charge in [0.15, 0.2) is 0 Å². The van der Waals surface area contributed by atoms with Crippen LogP contribution in [0.25, 0.3) is 11.0 Å². The molecule has 0 aliphatic rings. The molecule has 0 bridgehead atoms. The van der Waals surface area contributed by atoms with Crippen molar-refractivity contribution >= 4 is 11.0 Å². The predicted molar refractivity (Wildman–Crippen MR) is 53.4 cm³/mol. The van der Waals surface area contributed by atoms with Crippen molar-refractivity contribution in [3.05, 3.63) is 30.4 Å². The lowest BCUT2D eigenvalue weighted by atomic mass is 10.3. The highest BCUT2D eigenvalue weighted by atomic mass is 14.9. The minimum absolute atomic E-state index is 0.884. The molecule has 68 valence electrons. The van der Waals surface area contributed by atoms with Crippen LogP contribution in [0.3, 0.4) is 0 Å². The van der Waals surface area contributed by atoms with Crippen LogP contribution >= 0.6 is 0 Å². The fourth-order valence-corrected chi connectivity index (χ4v) is 1.02. The van der Waals surface area contributed by atoms with E-state index in [2.05, 4.69) is 15.0 Å². The molecule has 2 aromatic rings. The number of aromatic nitrogens is 3. The summed E-state index contributed by atoms with van der Waals surface area (Å²) in [6.07, 6.45) is 3.30. The molecule has 0 aromatic carbocycles. The van der Waals surface area contributed by atoms with E-state index in [4.69, 9.17) is 0 Å². The molecule has 0 aliphatic heterocycles. The largest absolute Gasteiger partial charge is 0.253 e. The van der Waals surface area contributed by atoms with Crippen LogP contribution in [-0.4, -0.2) is 15.0 Å². The topological polar surface area (TPSA) is 38.7 Å². The first-order valence-corrected chi connectivity index (χ1v) is 4.40. The first-order valence-electron chi connectivity index (χ1n) is 4.40. The summed E-state index contributed by atoms with van der Waals surface area (Å²) in [7, 11) is 0. The molecule has 0 atom stereocenters. The molecular formula is C10H13N3. The van der Waals surface area contributed by atoms with Gasteiger partial charge in [-0.05, 0) is 19.1 Å². The van der Waals surface area contributed by atoms with Crippen molar-refractivity contribution in [2.45, 2.75) is 20.8 Å². The second-order valence-electron chi connectivity index (χ2n) is 2.33. The van der Waals surface area contributed by atoms with Crippen LogP contribution in [0, 0.1) is 6.92 Å². The molecule has 13 heavy (non-hydrogen) atoms. The van der Waals surface area contributed by atoms with Crippen LogP contribution in [-0.2, 0) is 0 Å². The van der Waals surface area contributed by atoms with Gasteiger partial charge in [0, 0.05) is 6.20 Å². The molecule has 2 heterocycles. The van der Waals surface area contributed by atoms with Gasteiger partial charge in [-0.15, -0.1) is 0 Å². The van der Waals surface area contributed by atoms with Crippen LogP contribution in [0.1, 0.15) is 19.5 Å². The SMILES string of the molecule is CC.Cc1ncnc2cccnc12. The average Bonchev–Trinajstić information content (AvgIpc) is 2.22. The van der Waals surface area contributed by atoms with Crippen LogP contribution in [0.15, 0.2) is 24.7 Å². The minimum Gasteiger partial charge on any atom is -0.253 e. The van der Waals surface area contributed by atoms with Crippen molar-refractivity contribution in [1.29, 1.82) is 0 Å². The summed E-state index contributed by atoms with van der Waals surface area (Å²) in [5, 5.41) is 0. The summed E-state index contributed by atoms with van der Waals surface area (Å²) >= 11 is 0. The lowest BCUT2D eigenvalue weighted by Gasteiger charge is -1.95. The van der Waals surface area contributed by atoms with Crippen molar-refractivity contribution in [2.24, 2.45) is 0 Å². The zero-order chi connectivity index (χ0) is 9.68. The molecule has 3 nitrogen and oxygen atoms in total. The second-order valence-corrected chi connectivity index (χ2v) is 2.33. The number of hydrogen-bond donors (Lipinski definition) is 0. The third-order valence-electron chi connectivity index (χ3n) is 1.58. The zero-order valence-corrected chi connectivity index (χ0v) is 8.15. The first kappa shape index (κ1) is 9.58. The minimum atomic E-state index is 0.884. The van der Waals surface area contributed by atoms with Crippen LogP contribution in [0.5, 0.6) is 0 Å². The molecule has 0 saturated carbocycles. The van der Waals surface area contributed by atoms with Crippen molar-refractivity contribution in [2.75, 3.05) is 0 Å². The molecule has 0 radical (unpaired) electrons. The third-order valence-corrected chi connectivity index (χ3v) is 1.58. The van der Waals surface area contributed by atoms with E-state index >= 15 is 0 Å². The molecule has 2 rings (SSSR count). The van der Waals surface area contributed by atoms with E-state index in [1.54, 1.807) is 12.5 Å². The van der Waals surface area contributed by atoms with E-state index in [0.717, 1.165) is 16.7 Å². The Morgan fingerprint density at radius 3 is 2.54 bits per heavy atom. The van der Waals surface area contributed by atoms with Crippen LogP contribution in [0.2, 0.25) is 0 Å². The summed E-state index contributed by atoms with van der Waals surface area (Å²) in [5.41, 5.74) is 2.71. The number of aryl methyl sites for hydroxylation is 1. The van der Waals surface area contributed by atoms with E-state index in [1.807, 2.05) is 32.9 Å². The average molecular weight is 175 g/mol. The maximum atomic E-state index is 4.16. The smallest absolute Gasteiger partial charge is 0.116 e. The lowest BCUT2D eigenvalue weighted by molar-refractivity contribution is 1.13. The summed E-state index contributed by atoms with van der Waals surface area (Å²) in [5.74, 6) is 0. The summed E-state index contributed by atoms with van der Waals surface area (Å²) in [6, 6.07) is 3.80. The quantitative estimate of drug-likeness (QED) is 0.617. The van der Waals surface area contributed by atoms with Gasteiger partial charge in [0.1, 0.15) is 11.8 Å². The number of pyridine rings is 1. The number of fused-ring (bicyclic) bond motifs is 1. The molecule has 0 unspecified atom stereocenters. The molecule has 0 spiro atoms. The van der Waals surface area contributed by atoms with Gasteiger partial charge in [-0.1, -0.05) is 13.8 Å². The van der Waals surface area contributed by atoms with Gasteiger partial charge in [0.05, 0.1) is 11.2 Å². The van der Waals surface area contributed by atoms with E-state index < -0.39 is 0 Å². The highest BCUT2D eigenvalue weighted by Gasteiger charge is 1.96. The van der Waals surface area contributed by atoms with Gasteiger partial charge in [-0.25, -0.2) is 9.97 Å². The number of hydrogen-bond acceptors (Lipinski definition) is 3. The second kappa shape index (κ2) is 4.50. The van der Waals surface area contributed by atoms with Crippen molar-refractivity contribution in [3.63, 3.8) is 0 Å². The number of rotatable bonds is 0. The highest BCUT2D eigenvalue weighted by molar-refractivity contribution is 5.75. The molecule has 0 aliphatic carbocycles. The zero-order valence-electron chi connectivity index (χ0n) is 8.15. The van der Waals surface area contributed by atoms with Crippen molar-refractivity contribution in [1.82, 2.24) is 15.0 Å². The lowest BCUT2D eigenvalue weighted by Crippen LogP contribution is -1.88. The first-order chi connectivity index (χ1) is 6.38. The maximum Gasteiger partial charge on any atom is 0.116 e. The van der Waals surface area contributed by atoms with E-state index in [1.165, 1.54) is 0 Å². The molecular weight excluding hydrogens is 162 g/mol. The monoisotopic (exact) mass is 175 g/mol. The molecule has 0 N–H and O–H groups in total. The van der Waals surface area contributed by atoms with E-state index in [9.17, 15) is 0 Å². The maximum absolute atomic E-state index is 4.16. The fourth-order valence-electron chi connectivity index (χ4n) is 1.02. The van der Waals surface area contributed by atoms with Gasteiger partial charge in [0.25, 0.3) is 0 Å². The van der Waals surface area contributed by atoms with Crippen molar-refractivity contribution < 1.29 is 0 Å². The van der Waals surface area contributed by atoms with E-state index in [0.29, 0.717) is 0 Å². The van der Waals surface area contributed by atoms with Gasteiger partial charge in [0.2, 0.25) is 0 Å². The van der Waals surface area contributed by atoms with Crippen molar-refractivity contribution in [3.8, 4) is 0 Å². The molecule has 0 amide bonds. The summed E-state index contributed by atoms with van der Waals surface area (Å²) < 4.78 is 0. The Hall–Kier alpha value is -1.51. The Balaban J connectivity index is 0.000000396. The van der Waals surface area contributed by atoms with Gasteiger partial charge < -0.3 is 0 Å². The summed E-state index contributed by atoms with van der Waals surface area (Å²) in [6.45, 7) is 5.93. The normalized spacial score (nSPS) is 9.15. The van der Waals surface area contributed by atoms with Gasteiger partial charge in [-0.2, -0.15) is 0 Å². The number of nitrogens with zero attached hydrogens (tertiary/aromatic N) is 3. The third kappa shape index (κ3) is 1.99. The fraction of sp³-hybridized carbons (Fsp3) is 0.300. The van der Waals surface area contributed by atoms with Crippen LogP contribution in [0.4, 0.5) is 0 Å². The highest BCUT2D eigenvalue weighted by Crippen LogP contribution is 2.08. The van der Waals surface area contributed by atoms with Gasteiger partial charge in [-0.3, -0.25) is 4.98 Å². The standard InChI is InChI=1S/C8H7N3.C2H6/c1-6-8-7(11-5-10-6)3-2-4-9-8;1-2/h2-5H,1H3;1-2H3. The Labute approximate surface area is 77.9 Å². The summed E-state index contributed by atoms with van der Waals surface area (Å²) in [4.78, 5) is 12.3. The molecule has 0 saturated heterocycles. The Morgan fingerprint density at radius 1 is 1.08 bits per heavy atom. The predicted octanol–water partition coefficient (Wildman–Crippen LogP) is 2.36. The Morgan fingerprint density at radius 2 is 1.85 bits per heavy atom.